The summed E-state index contributed by atoms with van der Waals surface area (Å²) < 4.78 is 0. The monoisotopic (exact) mass is 405 g/mol. The topological polar surface area (TPSA) is 79.3 Å². The van der Waals surface area contributed by atoms with Gasteiger partial charge >= 0.3 is 0 Å². The molecule has 0 bridgehead atoms. The van der Waals surface area contributed by atoms with Crippen molar-refractivity contribution in [1.29, 1.82) is 0 Å². The van der Waals surface area contributed by atoms with E-state index in [2.05, 4.69) is 28.3 Å². The first-order chi connectivity index (χ1) is 12.6. The number of amides is 1. The second-order valence-corrected chi connectivity index (χ2v) is 10.0. The highest BCUT2D eigenvalue weighted by molar-refractivity contribution is 7.19. The molecule has 0 fully saturated rings. The van der Waals surface area contributed by atoms with E-state index >= 15 is 0 Å². The number of carbonyl (C=O) groups excluding carboxylic acids is 1. The van der Waals surface area contributed by atoms with Gasteiger partial charge in [-0.25, -0.2) is 4.98 Å². The van der Waals surface area contributed by atoms with Crippen LogP contribution in [0.5, 0.6) is 0 Å². The number of H-pyrrole nitrogens is 1. The summed E-state index contributed by atoms with van der Waals surface area (Å²) in [6.45, 7) is 8.72. The molecular weight excluding hydrogens is 380 g/mol. The number of nitrogens with one attached hydrogen (secondary N) is 3. The van der Waals surface area contributed by atoms with Crippen LogP contribution >= 0.6 is 22.7 Å². The highest BCUT2D eigenvalue weighted by Crippen LogP contribution is 2.34. The zero-order valence-electron chi connectivity index (χ0n) is 16.2. The molecule has 0 radical (unpaired) electrons. The predicted octanol–water partition coefficient (Wildman–Crippen LogP) is 1.95. The number of aromatic nitrogens is 2. The van der Waals surface area contributed by atoms with Crippen LogP contribution in [0.4, 0.5) is 0 Å². The van der Waals surface area contributed by atoms with E-state index in [4.69, 9.17) is 0 Å². The molecule has 3 aromatic rings. The summed E-state index contributed by atoms with van der Waals surface area (Å²) in [5, 5.41) is 5.59. The second-order valence-electron chi connectivity index (χ2n) is 7.86. The van der Waals surface area contributed by atoms with Crippen molar-refractivity contribution in [1.82, 2.24) is 15.3 Å². The SMILES string of the molecule is Cc1ccc(-c2csc3nc(C[NH+](C)CC(=O)NC(C)(C)C)[nH]c(=O)c23)s1. The Morgan fingerprint density at radius 2 is 2.07 bits per heavy atom. The molecule has 0 saturated heterocycles. The minimum Gasteiger partial charge on any atom is -0.347 e. The quantitative estimate of drug-likeness (QED) is 0.607. The molecule has 0 aromatic carbocycles. The molecule has 3 aromatic heterocycles. The number of carbonyl (C=O) groups is 1. The summed E-state index contributed by atoms with van der Waals surface area (Å²) in [4.78, 5) is 36.3. The maximum Gasteiger partial charge on any atom is 0.275 e. The molecule has 0 saturated carbocycles. The number of aromatic amines is 1. The van der Waals surface area contributed by atoms with E-state index in [0.717, 1.165) is 20.2 Å². The van der Waals surface area contributed by atoms with Crippen LogP contribution in [-0.2, 0) is 11.3 Å². The van der Waals surface area contributed by atoms with Gasteiger partial charge in [-0.2, -0.15) is 0 Å². The average Bonchev–Trinajstić information content (AvgIpc) is 3.11. The molecule has 1 atom stereocenters. The fraction of sp³-hybridized carbons (Fsp3) is 0.421. The minimum absolute atomic E-state index is 0.0186. The van der Waals surface area contributed by atoms with E-state index in [-0.39, 0.29) is 17.0 Å². The Morgan fingerprint density at radius 3 is 2.70 bits per heavy atom. The number of thiophene rings is 2. The average molecular weight is 406 g/mol. The Hall–Kier alpha value is -2.03. The molecule has 0 aliphatic heterocycles. The normalized spacial score (nSPS) is 13.1. The maximum atomic E-state index is 12.7. The lowest BCUT2D eigenvalue weighted by molar-refractivity contribution is -0.886. The van der Waals surface area contributed by atoms with Gasteiger partial charge in [0, 0.05) is 26.2 Å². The molecule has 27 heavy (non-hydrogen) atoms. The van der Waals surface area contributed by atoms with Gasteiger partial charge in [-0.1, -0.05) is 0 Å². The highest BCUT2D eigenvalue weighted by atomic mass is 32.1. The third kappa shape index (κ3) is 4.82. The first-order valence-electron chi connectivity index (χ1n) is 8.82. The summed E-state index contributed by atoms with van der Waals surface area (Å²) in [5.41, 5.74) is 0.569. The molecule has 0 spiro atoms. The number of aryl methyl sites for hydroxylation is 1. The molecule has 0 aliphatic rings. The van der Waals surface area contributed by atoms with E-state index in [1.807, 2.05) is 39.3 Å². The number of fused-ring (bicyclic) bond motifs is 1. The summed E-state index contributed by atoms with van der Waals surface area (Å²) in [6.07, 6.45) is 0. The lowest BCUT2D eigenvalue weighted by Gasteiger charge is -2.21. The van der Waals surface area contributed by atoms with Gasteiger partial charge in [-0.05, 0) is 39.8 Å². The Kier molecular flexibility index (Phi) is 5.50. The summed E-state index contributed by atoms with van der Waals surface area (Å²) in [6, 6.07) is 4.10. The Morgan fingerprint density at radius 1 is 1.33 bits per heavy atom. The smallest absolute Gasteiger partial charge is 0.275 e. The Labute approximate surface area is 166 Å². The number of nitrogens with zero attached hydrogens (tertiary/aromatic N) is 1. The Balaban J connectivity index is 1.79. The number of rotatable bonds is 5. The standard InChI is InChI=1S/C19H24N4O2S2/c1-11-6-7-13(27-11)12-10-26-18-16(12)17(25)20-14(21-18)8-23(5)9-15(24)22-19(2,3)4/h6-7,10H,8-9H2,1-5H3,(H,22,24)(H,20,21,25)/p+1. The van der Waals surface area contributed by atoms with Gasteiger partial charge in [-0.3, -0.25) is 9.59 Å². The van der Waals surface area contributed by atoms with Crippen LogP contribution in [0, 0.1) is 6.92 Å². The van der Waals surface area contributed by atoms with E-state index in [9.17, 15) is 9.59 Å². The number of quaternary nitrogens is 1. The fourth-order valence-corrected chi connectivity index (χ4v) is 4.85. The lowest BCUT2D eigenvalue weighted by Crippen LogP contribution is -3.09. The molecular formula is C19H25N4O2S2+. The molecule has 1 unspecified atom stereocenters. The third-order valence-electron chi connectivity index (χ3n) is 3.94. The van der Waals surface area contributed by atoms with Crippen molar-refractivity contribution in [3.63, 3.8) is 0 Å². The van der Waals surface area contributed by atoms with E-state index in [1.165, 1.54) is 16.2 Å². The summed E-state index contributed by atoms with van der Waals surface area (Å²) in [7, 11) is 1.92. The number of hydrogen-bond donors (Lipinski definition) is 3. The van der Waals surface area contributed by atoms with Crippen molar-refractivity contribution in [2.24, 2.45) is 0 Å². The van der Waals surface area contributed by atoms with Crippen LogP contribution in [0.1, 0.15) is 31.5 Å². The van der Waals surface area contributed by atoms with Crippen LogP contribution in [0.15, 0.2) is 22.3 Å². The molecule has 144 valence electrons. The van der Waals surface area contributed by atoms with Gasteiger partial charge in [0.2, 0.25) is 0 Å². The van der Waals surface area contributed by atoms with Gasteiger partial charge in [0.05, 0.1) is 12.4 Å². The van der Waals surface area contributed by atoms with Crippen molar-refractivity contribution < 1.29 is 9.69 Å². The first kappa shape index (κ1) is 19.7. The van der Waals surface area contributed by atoms with E-state index in [0.29, 0.717) is 24.3 Å². The molecule has 1 amide bonds. The minimum atomic E-state index is -0.254. The summed E-state index contributed by atoms with van der Waals surface area (Å²) in [5.74, 6) is 0.583. The molecule has 3 rings (SSSR count). The number of likely N-dealkylation sites (N-methyl/N-ethyl adjacent to an activating group) is 1. The van der Waals surface area contributed by atoms with Gasteiger partial charge < -0.3 is 15.2 Å². The molecule has 6 nitrogen and oxygen atoms in total. The van der Waals surface area contributed by atoms with Gasteiger partial charge in [0.1, 0.15) is 11.4 Å². The highest BCUT2D eigenvalue weighted by Gasteiger charge is 2.19. The molecule has 8 heteroatoms. The van der Waals surface area contributed by atoms with Crippen LogP contribution < -0.4 is 15.8 Å². The second kappa shape index (κ2) is 7.53. The predicted molar refractivity (Wildman–Crippen MR) is 112 cm³/mol. The van der Waals surface area contributed by atoms with Crippen molar-refractivity contribution in [3.05, 3.63) is 38.6 Å². The Bertz CT molecular complexity index is 1030. The molecule has 3 heterocycles. The zero-order chi connectivity index (χ0) is 19.8. The van der Waals surface area contributed by atoms with Crippen LogP contribution in [0.25, 0.3) is 20.7 Å². The molecule has 3 N–H and O–H groups in total. The van der Waals surface area contributed by atoms with Gasteiger partial charge in [0.25, 0.3) is 11.5 Å². The first-order valence-corrected chi connectivity index (χ1v) is 10.5. The van der Waals surface area contributed by atoms with Crippen molar-refractivity contribution >= 4 is 38.8 Å². The lowest BCUT2D eigenvalue weighted by atomic mass is 10.1. The molecule has 0 aliphatic carbocycles. The third-order valence-corrected chi connectivity index (χ3v) is 5.85. The van der Waals surface area contributed by atoms with Crippen molar-refractivity contribution in [2.75, 3.05) is 13.6 Å². The number of hydrogen-bond acceptors (Lipinski definition) is 5. The van der Waals surface area contributed by atoms with Crippen LogP contribution in [-0.4, -0.2) is 35.0 Å². The maximum absolute atomic E-state index is 12.7. The largest absolute Gasteiger partial charge is 0.347 e. The van der Waals surface area contributed by atoms with E-state index < -0.39 is 0 Å². The van der Waals surface area contributed by atoms with Crippen molar-refractivity contribution in [3.8, 4) is 10.4 Å². The van der Waals surface area contributed by atoms with Crippen molar-refractivity contribution in [2.45, 2.75) is 39.8 Å². The zero-order valence-corrected chi connectivity index (χ0v) is 17.9. The summed E-state index contributed by atoms with van der Waals surface area (Å²) >= 11 is 3.15. The van der Waals surface area contributed by atoms with Gasteiger partial charge in [-0.15, -0.1) is 22.7 Å². The van der Waals surface area contributed by atoms with E-state index in [1.54, 1.807) is 11.3 Å². The van der Waals surface area contributed by atoms with Gasteiger partial charge in [0.15, 0.2) is 12.4 Å². The fourth-order valence-electron chi connectivity index (χ4n) is 2.92. The van der Waals surface area contributed by atoms with Crippen LogP contribution in [0.2, 0.25) is 0 Å². The van der Waals surface area contributed by atoms with Crippen LogP contribution in [0.3, 0.4) is 0 Å².